The minimum Gasteiger partial charge on any atom is -0.493 e. The Morgan fingerprint density at radius 3 is 2.63 bits per heavy atom. The number of methoxy groups -OCH3 is 1. The second-order valence-corrected chi connectivity index (χ2v) is 9.54. The molecule has 200 valence electrons. The third kappa shape index (κ3) is 6.63. The normalized spacial score (nSPS) is 16.7. The number of morpholine rings is 1. The predicted octanol–water partition coefficient (Wildman–Crippen LogP) is 3.40. The number of imide groups is 1. The van der Waals surface area contributed by atoms with E-state index in [-0.39, 0.29) is 28.1 Å². The number of benzene rings is 2. The van der Waals surface area contributed by atoms with Crippen molar-refractivity contribution < 1.29 is 37.8 Å². The van der Waals surface area contributed by atoms with Gasteiger partial charge in [-0.3, -0.25) is 24.1 Å². The molecule has 2 heterocycles. The molecule has 38 heavy (non-hydrogen) atoms. The summed E-state index contributed by atoms with van der Waals surface area (Å²) in [5, 5.41) is 1.69. The highest BCUT2D eigenvalue weighted by Gasteiger charge is 2.36. The maximum Gasteiger partial charge on any atom is 0.294 e. The minimum absolute atomic E-state index is 0.117. The smallest absolute Gasteiger partial charge is 0.294 e. The van der Waals surface area contributed by atoms with Crippen molar-refractivity contribution in [2.75, 3.05) is 51.9 Å². The van der Waals surface area contributed by atoms with Crippen molar-refractivity contribution in [3.63, 3.8) is 0 Å². The Morgan fingerprint density at radius 1 is 1.16 bits per heavy atom. The summed E-state index contributed by atoms with van der Waals surface area (Å²) >= 11 is 6.40. The van der Waals surface area contributed by atoms with Crippen LogP contribution in [0.5, 0.6) is 11.5 Å². The van der Waals surface area contributed by atoms with Gasteiger partial charge in [0.15, 0.2) is 18.1 Å². The van der Waals surface area contributed by atoms with Crippen LogP contribution in [0.4, 0.5) is 14.9 Å². The average Bonchev–Trinajstić information content (AvgIpc) is 3.17. The number of ether oxygens (including phenoxy) is 3. The third-order valence-corrected chi connectivity index (χ3v) is 6.78. The molecule has 2 aliphatic rings. The van der Waals surface area contributed by atoms with Crippen molar-refractivity contribution in [2.24, 2.45) is 0 Å². The lowest BCUT2D eigenvalue weighted by atomic mass is 10.2. The van der Waals surface area contributed by atoms with Crippen molar-refractivity contribution in [3.8, 4) is 11.5 Å². The Bertz CT molecular complexity index is 1300. The van der Waals surface area contributed by atoms with Crippen LogP contribution in [0.2, 0.25) is 5.02 Å². The summed E-state index contributed by atoms with van der Waals surface area (Å²) in [4.78, 5) is 52.5. The molecule has 4 amide bonds. The molecule has 1 N–H and O–H groups in total. The maximum absolute atomic E-state index is 13.3. The zero-order valence-corrected chi connectivity index (χ0v) is 21.8. The lowest BCUT2D eigenvalue weighted by Gasteiger charge is -2.26. The average molecular weight is 564 g/mol. The van der Waals surface area contributed by atoms with Gasteiger partial charge in [-0.25, -0.2) is 4.39 Å². The molecule has 2 saturated heterocycles. The van der Waals surface area contributed by atoms with Crippen molar-refractivity contribution >= 4 is 58.1 Å². The molecule has 13 heteroatoms. The number of amides is 4. The van der Waals surface area contributed by atoms with Crippen molar-refractivity contribution in [1.82, 2.24) is 9.80 Å². The Kier molecular flexibility index (Phi) is 8.87. The first-order chi connectivity index (χ1) is 18.2. The van der Waals surface area contributed by atoms with Gasteiger partial charge in [-0.1, -0.05) is 17.7 Å². The molecule has 0 bridgehead atoms. The second kappa shape index (κ2) is 12.3. The highest BCUT2D eigenvalue weighted by molar-refractivity contribution is 8.18. The van der Waals surface area contributed by atoms with Gasteiger partial charge in [0.2, 0.25) is 5.91 Å². The lowest BCUT2D eigenvalue weighted by molar-refractivity contribution is -0.137. The van der Waals surface area contributed by atoms with Gasteiger partial charge in [-0.2, -0.15) is 0 Å². The van der Waals surface area contributed by atoms with Crippen LogP contribution >= 0.6 is 23.4 Å². The number of nitrogens with zero attached hydrogens (tertiary/aromatic N) is 2. The number of carbonyl (C=O) groups is 4. The zero-order chi connectivity index (χ0) is 27.2. The van der Waals surface area contributed by atoms with Gasteiger partial charge in [-0.05, 0) is 53.7 Å². The molecular formula is C25H23ClFN3O7S. The highest BCUT2D eigenvalue weighted by atomic mass is 35.5. The van der Waals surface area contributed by atoms with Crippen LogP contribution in [0.3, 0.4) is 0 Å². The summed E-state index contributed by atoms with van der Waals surface area (Å²) < 4.78 is 29.6. The summed E-state index contributed by atoms with van der Waals surface area (Å²) in [7, 11) is 1.44. The van der Waals surface area contributed by atoms with Gasteiger partial charge in [-0.15, -0.1) is 0 Å². The topological polar surface area (TPSA) is 114 Å². The summed E-state index contributed by atoms with van der Waals surface area (Å²) in [6.45, 7) is 1.31. The third-order valence-electron chi connectivity index (χ3n) is 5.58. The number of hydrogen-bond acceptors (Lipinski definition) is 8. The van der Waals surface area contributed by atoms with E-state index in [4.69, 9.17) is 25.8 Å². The van der Waals surface area contributed by atoms with Crippen LogP contribution in [0.15, 0.2) is 41.3 Å². The summed E-state index contributed by atoms with van der Waals surface area (Å²) in [6, 6.07) is 8.48. The molecule has 0 aliphatic carbocycles. The van der Waals surface area contributed by atoms with E-state index in [0.29, 0.717) is 55.1 Å². The molecule has 2 aromatic carbocycles. The standard InChI is InChI=1S/C25H23ClFN3O7S/c1-35-20-10-15(2-5-19(20)37-14-23(32)29-6-8-36-9-7-29)11-21-24(33)30(25(34)38-21)13-22(31)28-16-3-4-18(27)17(26)12-16/h2-5,10-12H,6-9,13-14H2,1H3,(H,28,31)/b21-11-. The Morgan fingerprint density at radius 2 is 1.92 bits per heavy atom. The van der Waals surface area contributed by atoms with Crippen LogP contribution in [-0.2, 0) is 19.1 Å². The fourth-order valence-corrected chi connectivity index (χ4v) is 4.66. The molecule has 2 fully saturated rings. The second-order valence-electron chi connectivity index (χ2n) is 8.14. The summed E-state index contributed by atoms with van der Waals surface area (Å²) in [5.74, 6) is -1.41. The van der Waals surface area contributed by atoms with Gasteiger partial charge >= 0.3 is 0 Å². The van der Waals surface area contributed by atoms with Crippen molar-refractivity contribution in [1.29, 1.82) is 0 Å². The number of rotatable bonds is 8. The fraction of sp³-hybridized carbons (Fsp3) is 0.280. The zero-order valence-electron chi connectivity index (χ0n) is 20.2. The molecule has 4 rings (SSSR count). The van der Waals surface area contributed by atoms with E-state index in [1.807, 2.05) is 0 Å². The van der Waals surface area contributed by atoms with E-state index in [9.17, 15) is 23.6 Å². The monoisotopic (exact) mass is 563 g/mol. The fourth-order valence-electron chi connectivity index (χ4n) is 3.64. The van der Waals surface area contributed by atoms with E-state index < -0.39 is 29.4 Å². The largest absolute Gasteiger partial charge is 0.493 e. The van der Waals surface area contributed by atoms with E-state index >= 15 is 0 Å². The molecule has 2 aliphatic heterocycles. The first-order valence-electron chi connectivity index (χ1n) is 11.4. The van der Waals surface area contributed by atoms with Gasteiger partial charge in [0.1, 0.15) is 12.4 Å². The predicted molar refractivity (Wildman–Crippen MR) is 139 cm³/mol. The molecule has 0 unspecified atom stereocenters. The first kappa shape index (κ1) is 27.4. The van der Waals surface area contributed by atoms with Gasteiger partial charge < -0.3 is 24.4 Å². The van der Waals surface area contributed by atoms with Crippen LogP contribution in [0.1, 0.15) is 5.56 Å². The maximum atomic E-state index is 13.3. The molecular weight excluding hydrogens is 541 g/mol. The Balaban J connectivity index is 1.38. The van der Waals surface area contributed by atoms with Crippen LogP contribution < -0.4 is 14.8 Å². The Hall–Kier alpha value is -3.61. The molecule has 0 radical (unpaired) electrons. The van der Waals surface area contributed by atoms with Gasteiger partial charge in [0.05, 0.1) is 30.3 Å². The number of halogens is 2. The van der Waals surface area contributed by atoms with Crippen molar-refractivity contribution in [3.05, 3.63) is 57.7 Å². The number of hydrogen-bond donors (Lipinski definition) is 1. The van der Waals surface area contributed by atoms with Crippen LogP contribution in [0, 0.1) is 5.82 Å². The number of carbonyl (C=O) groups excluding carboxylic acids is 4. The molecule has 0 saturated carbocycles. The number of nitrogens with one attached hydrogen (secondary N) is 1. The van der Waals surface area contributed by atoms with Gasteiger partial charge in [0, 0.05) is 18.8 Å². The van der Waals surface area contributed by atoms with E-state index in [1.54, 1.807) is 23.1 Å². The molecule has 0 spiro atoms. The molecule has 10 nitrogen and oxygen atoms in total. The number of anilines is 1. The van der Waals surface area contributed by atoms with Gasteiger partial charge in [0.25, 0.3) is 17.1 Å². The molecule has 2 aromatic rings. The summed E-state index contributed by atoms with van der Waals surface area (Å²) in [5.41, 5.74) is 0.773. The van der Waals surface area contributed by atoms with Crippen LogP contribution in [0.25, 0.3) is 6.08 Å². The van der Waals surface area contributed by atoms with Crippen LogP contribution in [-0.4, -0.2) is 79.3 Å². The first-order valence-corrected chi connectivity index (χ1v) is 12.6. The number of thioether (sulfide) groups is 1. The van der Waals surface area contributed by atoms with E-state index in [1.165, 1.54) is 25.3 Å². The lowest BCUT2D eigenvalue weighted by Crippen LogP contribution is -2.43. The summed E-state index contributed by atoms with van der Waals surface area (Å²) in [6.07, 6.45) is 1.49. The quantitative estimate of drug-likeness (QED) is 0.486. The Labute approximate surface area is 226 Å². The van der Waals surface area contributed by atoms with Crippen molar-refractivity contribution in [2.45, 2.75) is 0 Å². The van der Waals surface area contributed by atoms with E-state index in [0.717, 1.165) is 11.0 Å². The minimum atomic E-state index is -0.647. The SMILES string of the molecule is COc1cc(/C=C2\SC(=O)N(CC(=O)Nc3ccc(F)c(Cl)c3)C2=O)ccc1OCC(=O)N1CCOCC1. The van der Waals surface area contributed by atoms with E-state index in [2.05, 4.69) is 5.32 Å². The molecule has 0 atom stereocenters. The highest BCUT2D eigenvalue weighted by Crippen LogP contribution is 2.34. The molecule has 0 aromatic heterocycles.